The number of amides is 2. The van der Waals surface area contributed by atoms with Crippen molar-refractivity contribution in [3.05, 3.63) is 100 Å². The highest BCUT2D eigenvalue weighted by Gasteiger charge is 2.21. The van der Waals surface area contributed by atoms with E-state index in [-0.39, 0.29) is 12.1 Å². The van der Waals surface area contributed by atoms with Gasteiger partial charge >= 0.3 is 12.0 Å². The zero-order valence-corrected chi connectivity index (χ0v) is 25.1. The predicted molar refractivity (Wildman–Crippen MR) is 166 cm³/mol. The van der Waals surface area contributed by atoms with Gasteiger partial charge in [-0.2, -0.15) is 0 Å². The lowest BCUT2D eigenvalue weighted by atomic mass is 9.96. The van der Waals surface area contributed by atoms with Crippen molar-refractivity contribution in [1.82, 2.24) is 10.2 Å². The second-order valence-corrected chi connectivity index (χ2v) is 11.1. The number of unbranched alkanes of at least 4 members (excludes halogenated alkanes) is 1. The first-order valence-electron chi connectivity index (χ1n) is 15.1. The molecular formula is C36H42N2O4. The molecule has 42 heavy (non-hydrogen) atoms. The monoisotopic (exact) mass is 566 g/mol. The van der Waals surface area contributed by atoms with Gasteiger partial charge in [-0.15, -0.1) is 0 Å². The molecule has 3 aromatic carbocycles. The van der Waals surface area contributed by atoms with Gasteiger partial charge in [0.05, 0.1) is 0 Å². The van der Waals surface area contributed by atoms with Crippen LogP contribution in [-0.4, -0.2) is 22.9 Å². The molecule has 0 bridgehead atoms. The van der Waals surface area contributed by atoms with Crippen molar-refractivity contribution in [3.8, 4) is 17.6 Å². The third-order valence-corrected chi connectivity index (χ3v) is 7.53. The number of carbonyl (C=O) groups excluding carboxylic acids is 2. The Morgan fingerprint density at radius 1 is 0.857 bits per heavy atom. The van der Waals surface area contributed by atoms with Gasteiger partial charge in [0.2, 0.25) is 0 Å². The van der Waals surface area contributed by atoms with Crippen LogP contribution < -0.4 is 10.2 Å². The fraction of sp³-hybridized carbons (Fsp3) is 0.389. The Morgan fingerprint density at radius 2 is 1.45 bits per heavy atom. The van der Waals surface area contributed by atoms with Gasteiger partial charge in [-0.05, 0) is 85.2 Å². The molecule has 2 amide bonds. The topological polar surface area (TPSA) is 67.9 Å². The fourth-order valence-electron chi connectivity index (χ4n) is 5.13. The third-order valence-electron chi connectivity index (χ3n) is 7.53. The lowest BCUT2D eigenvalue weighted by Gasteiger charge is -2.29. The summed E-state index contributed by atoms with van der Waals surface area (Å²) in [5, 5.41) is 3.27. The summed E-state index contributed by atoms with van der Waals surface area (Å²) in [6.07, 6.45) is 9.09. The van der Waals surface area contributed by atoms with Crippen LogP contribution >= 0.6 is 0 Å². The summed E-state index contributed by atoms with van der Waals surface area (Å²) < 4.78 is 0. The molecule has 0 spiro atoms. The summed E-state index contributed by atoms with van der Waals surface area (Å²) in [5.41, 5.74) is 6.11. The molecule has 0 unspecified atom stereocenters. The van der Waals surface area contributed by atoms with Crippen molar-refractivity contribution in [2.45, 2.75) is 91.3 Å². The molecule has 1 aliphatic carbocycles. The molecule has 6 nitrogen and oxygen atoms in total. The summed E-state index contributed by atoms with van der Waals surface area (Å²) in [6.45, 7) is 6.29. The minimum absolute atomic E-state index is 0.0638. The summed E-state index contributed by atoms with van der Waals surface area (Å²) >= 11 is 0. The molecule has 0 heterocycles. The number of urea groups is 1. The van der Waals surface area contributed by atoms with E-state index in [1.807, 2.05) is 48.2 Å². The second kappa shape index (κ2) is 15.7. The SMILES string of the molecule is CCCCc1ccc(C#Cc2ccc(CN(Cc3ccc(OOC(C)=O)c(C)c3)C(=O)NC3CCCCC3)cc2)cc1. The average molecular weight is 567 g/mol. The Balaban J connectivity index is 1.44. The summed E-state index contributed by atoms with van der Waals surface area (Å²) in [6, 6.07) is 22.4. The molecular weight excluding hydrogens is 524 g/mol. The minimum Gasteiger partial charge on any atom is -0.335 e. The number of aryl methyl sites for hydroxylation is 2. The van der Waals surface area contributed by atoms with E-state index >= 15 is 0 Å². The zero-order valence-electron chi connectivity index (χ0n) is 25.1. The maximum Gasteiger partial charge on any atom is 0.352 e. The lowest BCUT2D eigenvalue weighted by molar-refractivity contribution is -0.211. The highest BCUT2D eigenvalue weighted by atomic mass is 17.2. The van der Waals surface area contributed by atoms with Crippen molar-refractivity contribution in [3.63, 3.8) is 0 Å². The number of nitrogens with one attached hydrogen (secondary N) is 1. The average Bonchev–Trinajstić information content (AvgIpc) is 3.00. The fourth-order valence-corrected chi connectivity index (χ4v) is 5.13. The number of carbonyl (C=O) groups is 2. The Morgan fingerprint density at radius 3 is 2.05 bits per heavy atom. The van der Waals surface area contributed by atoms with Crippen LogP contribution in [0.25, 0.3) is 0 Å². The van der Waals surface area contributed by atoms with Gasteiger partial charge in [0.15, 0.2) is 5.75 Å². The van der Waals surface area contributed by atoms with Gasteiger partial charge < -0.3 is 10.2 Å². The van der Waals surface area contributed by atoms with E-state index in [1.54, 1.807) is 6.07 Å². The van der Waals surface area contributed by atoms with E-state index in [9.17, 15) is 9.59 Å². The summed E-state index contributed by atoms with van der Waals surface area (Å²) in [5.74, 6) is 6.48. The molecule has 0 radical (unpaired) electrons. The van der Waals surface area contributed by atoms with E-state index in [0.29, 0.717) is 18.8 Å². The lowest BCUT2D eigenvalue weighted by Crippen LogP contribution is -2.44. The van der Waals surface area contributed by atoms with Gasteiger partial charge in [-0.1, -0.05) is 80.8 Å². The molecule has 1 aliphatic rings. The standard InChI is InChI=1S/C36H42N2O4/c1-4-5-9-29-12-14-30(15-13-29)16-17-31-18-20-32(21-19-31)25-38(36(40)37-34-10-7-6-8-11-34)26-33-22-23-35(27(2)24-33)42-41-28(3)39/h12-15,18-24,34H,4-11,25-26H2,1-3H3,(H,37,40). The number of nitrogens with zero attached hydrogens (tertiary/aromatic N) is 1. The van der Waals surface area contributed by atoms with Crippen LogP contribution in [0.1, 0.15) is 92.2 Å². The van der Waals surface area contributed by atoms with Crippen molar-refractivity contribution in [2.24, 2.45) is 0 Å². The van der Waals surface area contributed by atoms with E-state index < -0.39 is 5.97 Å². The Labute approximate surface area is 250 Å². The first-order chi connectivity index (χ1) is 20.4. The van der Waals surface area contributed by atoms with Crippen molar-refractivity contribution >= 4 is 12.0 Å². The molecule has 3 aromatic rings. The van der Waals surface area contributed by atoms with Crippen LogP contribution in [0.5, 0.6) is 5.75 Å². The molecule has 6 heteroatoms. The van der Waals surface area contributed by atoms with Gasteiger partial charge in [0, 0.05) is 37.2 Å². The molecule has 0 aromatic heterocycles. The molecule has 220 valence electrons. The first kappa shape index (κ1) is 30.7. The second-order valence-electron chi connectivity index (χ2n) is 11.1. The van der Waals surface area contributed by atoms with E-state index in [1.165, 1.54) is 31.7 Å². The van der Waals surface area contributed by atoms with Gasteiger partial charge in [0.25, 0.3) is 0 Å². The highest BCUT2D eigenvalue weighted by Crippen LogP contribution is 2.22. The Hall–Kier alpha value is -4.24. The minimum atomic E-state index is -0.516. The number of rotatable bonds is 10. The van der Waals surface area contributed by atoms with Crippen molar-refractivity contribution in [1.29, 1.82) is 0 Å². The first-order valence-corrected chi connectivity index (χ1v) is 15.1. The highest BCUT2D eigenvalue weighted by molar-refractivity contribution is 5.74. The van der Waals surface area contributed by atoms with Crippen molar-refractivity contribution in [2.75, 3.05) is 0 Å². The Kier molecular flexibility index (Phi) is 11.5. The molecule has 0 saturated heterocycles. The summed E-state index contributed by atoms with van der Waals surface area (Å²) in [7, 11) is 0. The molecule has 0 atom stereocenters. The molecule has 0 aliphatic heterocycles. The molecule has 1 saturated carbocycles. The maximum atomic E-state index is 13.5. The summed E-state index contributed by atoms with van der Waals surface area (Å²) in [4.78, 5) is 36.2. The van der Waals surface area contributed by atoms with Crippen molar-refractivity contribution < 1.29 is 19.4 Å². The van der Waals surface area contributed by atoms with Crippen LogP contribution in [0.2, 0.25) is 0 Å². The Bertz CT molecular complexity index is 1380. The third kappa shape index (κ3) is 9.69. The van der Waals surface area contributed by atoms with Gasteiger partial charge in [-0.3, -0.25) is 9.78 Å². The molecule has 1 N–H and O–H groups in total. The maximum absolute atomic E-state index is 13.5. The number of hydrogen-bond donors (Lipinski definition) is 1. The van der Waals surface area contributed by atoms with Crippen LogP contribution in [0.15, 0.2) is 66.7 Å². The number of hydrogen-bond acceptors (Lipinski definition) is 4. The quantitative estimate of drug-likeness (QED) is 0.156. The van der Waals surface area contributed by atoms with Crippen LogP contribution in [0, 0.1) is 18.8 Å². The van der Waals surface area contributed by atoms with Crippen LogP contribution in [-0.2, 0) is 29.2 Å². The van der Waals surface area contributed by atoms with Crippen LogP contribution in [0.4, 0.5) is 4.79 Å². The smallest absolute Gasteiger partial charge is 0.335 e. The van der Waals surface area contributed by atoms with E-state index in [2.05, 4.69) is 53.2 Å². The molecule has 1 fully saturated rings. The van der Waals surface area contributed by atoms with Gasteiger partial charge in [0.1, 0.15) is 0 Å². The van der Waals surface area contributed by atoms with E-state index in [4.69, 9.17) is 4.89 Å². The van der Waals surface area contributed by atoms with Gasteiger partial charge in [-0.25, -0.2) is 9.59 Å². The zero-order chi connectivity index (χ0) is 29.7. The normalized spacial score (nSPS) is 13.0. The molecule has 4 rings (SSSR count). The largest absolute Gasteiger partial charge is 0.352 e. The number of benzene rings is 3. The predicted octanol–water partition coefficient (Wildman–Crippen LogP) is 7.64. The van der Waals surface area contributed by atoms with E-state index in [0.717, 1.165) is 59.9 Å². The van der Waals surface area contributed by atoms with Crippen LogP contribution in [0.3, 0.4) is 0 Å².